The average Bonchev–Trinajstić information content (AvgIpc) is 3.20. The molecule has 2 aliphatic rings. The molecule has 1 aliphatic heterocycles. The number of carbonyl (C=O) groups excluding carboxylic acids is 1. The van der Waals surface area contributed by atoms with Crippen LogP contribution in [0.25, 0.3) is 0 Å². The SMILES string of the molecule is CS(=O)(=O)N(CC(=O)O)C[C@@H]1CN(C(=O)CC2CC2)CCO1. The van der Waals surface area contributed by atoms with E-state index in [0.717, 1.165) is 23.4 Å². The van der Waals surface area contributed by atoms with Gasteiger partial charge >= 0.3 is 5.97 Å². The van der Waals surface area contributed by atoms with Crippen LogP contribution in [-0.2, 0) is 24.3 Å². The lowest BCUT2D eigenvalue weighted by Crippen LogP contribution is -2.51. The molecule has 22 heavy (non-hydrogen) atoms. The van der Waals surface area contributed by atoms with E-state index in [2.05, 4.69) is 0 Å². The van der Waals surface area contributed by atoms with Crippen LogP contribution in [0.2, 0.25) is 0 Å². The van der Waals surface area contributed by atoms with Crippen molar-refractivity contribution >= 4 is 21.9 Å². The summed E-state index contributed by atoms with van der Waals surface area (Å²) in [6.45, 7) is 0.482. The number of sulfonamides is 1. The van der Waals surface area contributed by atoms with E-state index in [4.69, 9.17) is 9.84 Å². The Hall–Kier alpha value is -1.19. The molecule has 0 aromatic carbocycles. The van der Waals surface area contributed by atoms with Gasteiger partial charge in [-0.2, -0.15) is 4.31 Å². The van der Waals surface area contributed by atoms with Gasteiger partial charge < -0.3 is 14.7 Å². The number of rotatable bonds is 7. The highest BCUT2D eigenvalue weighted by Gasteiger charge is 2.32. The molecule has 126 valence electrons. The molecule has 2 fully saturated rings. The molecule has 1 heterocycles. The third-order valence-corrected chi connectivity index (χ3v) is 5.06. The topological polar surface area (TPSA) is 104 Å². The molecule has 0 unspecified atom stereocenters. The quantitative estimate of drug-likeness (QED) is 0.664. The monoisotopic (exact) mass is 334 g/mol. The number of carbonyl (C=O) groups is 2. The number of carboxylic acid groups (broad SMARTS) is 1. The molecule has 1 amide bonds. The second kappa shape index (κ2) is 6.93. The van der Waals surface area contributed by atoms with Gasteiger partial charge in [0.15, 0.2) is 0 Å². The molecule has 1 saturated heterocycles. The first-order chi connectivity index (χ1) is 10.3. The molecule has 1 atom stereocenters. The van der Waals surface area contributed by atoms with Crippen LogP contribution in [0.1, 0.15) is 19.3 Å². The normalized spacial score (nSPS) is 22.8. The van der Waals surface area contributed by atoms with Crippen molar-refractivity contribution in [1.82, 2.24) is 9.21 Å². The van der Waals surface area contributed by atoms with E-state index < -0.39 is 28.6 Å². The van der Waals surface area contributed by atoms with Crippen molar-refractivity contribution in [3.8, 4) is 0 Å². The van der Waals surface area contributed by atoms with Crippen molar-refractivity contribution in [2.45, 2.75) is 25.4 Å². The van der Waals surface area contributed by atoms with E-state index in [1.807, 2.05) is 0 Å². The Kier molecular flexibility index (Phi) is 5.41. The zero-order valence-corrected chi connectivity index (χ0v) is 13.4. The van der Waals surface area contributed by atoms with E-state index in [1.54, 1.807) is 4.90 Å². The fraction of sp³-hybridized carbons (Fsp3) is 0.846. The Morgan fingerprint density at radius 1 is 1.36 bits per heavy atom. The van der Waals surface area contributed by atoms with Gasteiger partial charge in [0.2, 0.25) is 15.9 Å². The van der Waals surface area contributed by atoms with Gasteiger partial charge in [-0.1, -0.05) is 0 Å². The predicted molar refractivity (Wildman–Crippen MR) is 77.7 cm³/mol. The van der Waals surface area contributed by atoms with Gasteiger partial charge in [0.1, 0.15) is 6.54 Å². The van der Waals surface area contributed by atoms with E-state index in [0.29, 0.717) is 32.0 Å². The van der Waals surface area contributed by atoms with E-state index in [9.17, 15) is 18.0 Å². The number of hydrogen-bond acceptors (Lipinski definition) is 5. The minimum atomic E-state index is -3.64. The van der Waals surface area contributed by atoms with Crippen molar-refractivity contribution in [1.29, 1.82) is 0 Å². The number of ether oxygens (including phenoxy) is 1. The van der Waals surface area contributed by atoms with Gasteiger partial charge in [-0.15, -0.1) is 0 Å². The third-order valence-electron chi connectivity index (χ3n) is 3.84. The van der Waals surface area contributed by atoms with Gasteiger partial charge in [0, 0.05) is 26.1 Å². The number of aliphatic carboxylic acids is 1. The minimum Gasteiger partial charge on any atom is -0.480 e. The van der Waals surface area contributed by atoms with Crippen LogP contribution >= 0.6 is 0 Å². The third kappa shape index (κ3) is 5.22. The molecule has 1 N–H and O–H groups in total. The molecule has 9 heteroatoms. The highest BCUT2D eigenvalue weighted by Crippen LogP contribution is 2.33. The van der Waals surface area contributed by atoms with Crippen LogP contribution in [0.5, 0.6) is 0 Å². The summed E-state index contributed by atoms with van der Waals surface area (Å²) in [7, 11) is -3.64. The first kappa shape index (κ1) is 17.2. The molecule has 1 aliphatic carbocycles. The molecule has 1 saturated carbocycles. The van der Waals surface area contributed by atoms with Crippen LogP contribution < -0.4 is 0 Å². The van der Waals surface area contributed by atoms with Gasteiger partial charge in [-0.3, -0.25) is 9.59 Å². The first-order valence-electron chi connectivity index (χ1n) is 7.32. The Bertz CT molecular complexity index is 531. The molecule has 0 radical (unpaired) electrons. The molecule has 0 aromatic heterocycles. The summed E-state index contributed by atoms with van der Waals surface area (Å²) in [5.74, 6) is -0.656. The first-order valence-corrected chi connectivity index (χ1v) is 9.17. The average molecular weight is 334 g/mol. The number of morpholine rings is 1. The van der Waals surface area contributed by atoms with Crippen molar-refractivity contribution in [2.75, 3.05) is 39.0 Å². The summed E-state index contributed by atoms with van der Waals surface area (Å²) in [6, 6.07) is 0. The zero-order chi connectivity index (χ0) is 16.3. The Balaban J connectivity index is 1.92. The van der Waals surface area contributed by atoms with E-state index in [1.165, 1.54) is 0 Å². The second-order valence-electron chi connectivity index (χ2n) is 5.93. The van der Waals surface area contributed by atoms with E-state index in [-0.39, 0.29) is 12.5 Å². The standard InChI is InChI=1S/C13H22N2O6S/c1-22(19,20)15(9-13(17)18)8-11-7-14(4-5-21-11)12(16)6-10-2-3-10/h10-11H,2-9H2,1H3,(H,17,18)/t11-/m0/s1. The molecule has 8 nitrogen and oxygen atoms in total. The minimum absolute atomic E-state index is 0.0572. The number of hydrogen-bond donors (Lipinski definition) is 1. The lowest BCUT2D eigenvalue weighted by atomic mass is 10.2. The lowest BCUT2D eigenvalue weighted by Gasteiger charge is -2.35. The van der Waals surface area contributed by atoms with Crippen LogP contribution in [0.4, 0.5) is 0 Å². The summed E-state index contributed by atoms with van der Waals surface area (Å²) in [4.78, 5) is 24.6. The smallest absolute Gasteiger partial charge is 0.318 e. The van der Waals surface area contributed by atoms with Crippen molar-refractivity contribution in [2.24, 2.45) is 5.92 Å². The van der Waals surface area contributed by atoms with Crippen LogP contribution in [-0.4, -0.2) is 79.8 Å². The van der Waals surface area contributed by atoms with Gasteiger partial charge in [-0.25, -0.2) is 8.42 Å². The van der Waals surface area contributed by atoms with Crippen LogP contribution in [0.15, 0.2) is 0 Å². The fourth-order valence-electron chi connectivity index (χ4n) is 2.45. The number of carboxylic acids is 1. The summed E-state index contributed by atoms with van der Waals surface area (Å²) < 4.78 is 29.6. The molecular formula is C13H22N2O6S. The highest BCUT2D eigenvalue weighted by atomic mass is 32.2. The number of nitrogens with zero attached hydrogens (tertiary/aromatic N) is 2. The summed E-state index contributed by atoms with van der Waals surface area (Å²) >= 11 is 0. The molecule has 0 bridgehead atoms. The van der Waals surface area contributed by atoms with Gasteiger partial charge in [-0.05, 0) is 18.8 Å². The Morgan fingerprint density at radius 3 is 2.59 bits per heavy atom. The summed E-state index contributed by atoms with van der Waals surface area (Å²) in [5, 5.41) is 8.81. The maximum atomic E-state index is 12.1. The second-order valence-corrected chi connectivity index (χ2v) is 7.91. The molecule has 2 rings (SSSR count). The predicted octanol–water partition coefficient (Wildman–Crippen LogP) is -0.640. The Morgan fingerprint density at radius 2 is 2.05 bits per heavy atom. The maximum Gasteiger partial charge on any atom is 0.318 e. The molecule has 0 aromatic rings. The van der Waals surface area contributed by atoms with Crippen LogP contribution in [0.3, 0.4) is 0 Å². The molecular weight excluding hydrogens is 312 g/mol. The zero-order valence-electron chi connectivity index (χ0n) is 12.6. The van der Waals surface area contributed by atoms with Crippen molar-refractivity contribution in [3.63, 3.8) is 0 Å². The van der Waals surface area contributed by atoms with Crippen molar-refractivity contribution in [3.05, 3.63) is 0 Å². The lowest BCUT2D eigenvalue weighted by molar-refractivity contribution is -0.141. The van der Waals surface area contributed by atoms with Gasteiger partial charge in [0.25, 0.3) is 0 Å². The largest absolute Gasteiger partial charge is 0.480 e. The molecule has 0 spiro atoms. The highest BCUT2D eigenvalue weighted by molar-refractivity contribution is 7.88. The van der Waals surface area contributed by atoms with Crippen molar-refractivity contribution < 1.29 is 27.9 Å². The fourth-order valence-corrected chi connectivity index (χ4v) is 3.23. The summed E-state index contributed by atoms with van der Waals surface area (Å²) in [6.07, 6.45) is 3.21. The van der Waals surface area contributed by atoms with E-state index >= 15 is 0 Å². The maximum absolute atomic E-state index is 12.1. The van der Waals surface area contributed by atoms with Crippen LogP contribution in [0, 0.1) is 5.92 Å². The van der Waals surface area contributed by atoms with Gasteiger partial charge in [0.05, 0.1) is 19.0 Å². The Labute approximate surface area is 130 Å². The summed E-state index contributed by atoms with van der Waals surface area (Å²) in [5.41, 5.74) is 0. The number of amides is 1.